The number of nitrogens with one attached hydrogen (secondary N) is 1. The minimum absolute atomic E-state index is 0.174. The Hall–Kier alpha value is -1.64. The van der Waals surface area contributed by atoms with E-state index in [0.717, 1.165) is 5.57 Å². The molecule has 16 heavy (non-hydrogen) atoms. The van der Waals surface area contributed by atoms with E-state index >= 15 is 0 Å². The highest BCUT2D eigenvalue weighted by atomic mass is 16.2. The standard InChI is InChI=1S/C13H17NO2/c1-3-5-7-10(6-4-2)11-8-9-12(15)14-13(11)16/h3-7,11H,8-9H2,1-2H3,(H,14,15,16)/b5-3-,6-4-,10-7+. The molecule has 1 N–H and O–H groups in total. The Morgan fingerprint density at radius 2 is 2.06 bits per heavy atom. The van der Waals surface area contributed by atoms with Gasteiger partial charge in [0.25, 0.3) is 0 Å². The topological polar surface area (TPSA) is 46.2 Å². The van der Waals surface area contributed by atoms with Crippen molar-refractivity contribution in [1.82, 2.24) is 5.32 Å². The number of allylic oxidation sites excluding steroid dienone is 5. The summed E-state index contributed by atoms with van der Waals surface area (Å²) < 4.78 is 0. The van der Waals surface area contributed by atoms with Gasteiger partial charge in [0.2, 0.25) is 11.8 Å². The number of amides is 2. The van der Waals surface area contributed by atoms with Crippen LogP contribution < -0.4 is 5.32 Å². The predicted octanol–water partition coefficient (Wildman–Crippen LogP) is 2.12. The molecular weight excluding hydrogens is 202 g/mol. The maximum absolute atomic E-state index is 11.7. The van der Waals surface area contributed by atoms with Gasteiger partial charge in [-0.2, -0.15) is 0 Å². The molecule has 0 aromatic carbocycles. The van der Waals surface area contributed by atoms with Crippen molar-refractivity contribution < 1.29 is 9.59 Å². The minimum Gasteiger partial charge on any atom is -0.296 e. The molecule has 0 bridgehead atoms. The molecule has 3 nitrogen and oxygen atoms in total. The zero-order valence-corrected chi connectivity index (χ0v) is 9.69. The van der Waals surface area contributed by atoms with Crippen LogP contribution in [0.1, 0.15) is 26.7 Å². The fraction of sp³-hybridized carbons (Fsp3) is 0.385. The molecule has 0 aromatic heterocycles. The first-order chi connectivity index (χ1) is 7.69. The number of piperidine rings is 1. The summed E-state index contributed by atoms with van der Waals surface area (Å²) in [4.78, 5) is 22.7. The van der Waals surface area contributed by atoms with Gasteiger partial charge >= 0.3 is 0 Å². The Bertz CT molecular complexity index is 364. The molecule has 1 aliphatic heterocycles. The molecule has 3 heteroatoms. The Labute approximate surface area is 95.9 Å². The van der Waals surface area contributed by atoms with Crippen molar-refractivity contribution in [3.8, 4) is 0 Å². The summed E-state index contributed by atoms with van der Waals surface area (Å²) in [6.45, 7) is 3.84. The normalized spacial score (nSPS) is 23.1. The third-order valence-electron chi connectivity index (χ3n) is 2.48. The molecule has 0 radical (unpaired) electrons. The quantitative estimate of drug-likeness (QED) is 0.583. The van der Waals surface area contributed by atoms with E-state index in [1.165, 1.54) is 0 Å². The summed E-state index contributed by atoms with van der Waals surface area (Å²) in [7, 11) is 0. The van der Waals surface area contributed by atoms with Gasteiger partial charge in [0.1, 0.15) is 0 Å². The van der Waals surface area contributed by atoms with Crippen LogP contribution in [0.4, 0.5) is 0 Å². The number of rotatable bonds is 3. The lowest BCUT2D eigenvalue weighted by molar-refractivity contribution is -0.135. The summed E-state index contributed by atoms with van der Waals surface area (Å²) in [6, 6.07) is 0. The van der Waals surface area contributed by atoms with Gasteiger partial charge in [-0.25, -0.2) is 0 Å². The molecular formula is C13H17NO2. The summed E-state index contributed by atoms with van der Waals surface area (Å²) in [6.07, 6.45) is 10.6. The molecule has 1 heterocycles. The number of imide groups is 1. The smallest absolute Gasteiger partial charge is 0.234 e. The Kier molecular flexibility index (Phi) is 4.70. The lowest BCUT2D eigenvalue weighted by Gasteiger charge is -2.21. The molecule has 1 unspecified atom stereocenters. The second-order valence-electron chi connectivity index (χ2n) is 3.70. The monoisotopic (exact) mass is 219 g/mol. The summed E-state index contributed by atoms with van der Waals surface area (Å²) in [5.74, 6) is -0.567. The minimum atomic E-state index is -0.204. The van der Waals surface area contributed by atoms with Gasteiger partial charge in [-0.15, -0.1) is 0 Å². The van der Waals surface area contributed by atoms with Crippen LogP contribution in [-0.4, -0.2) is 11.8 Å². The molecule has 86 valence electrons. The van der Waals surface area contributed by atoms with E-state index in [-0.39, 0.29) is 17.7 Å². The van der Waals surface area contributed by atoms with Gasteiger partial charge in [0, 0.05) is 6.42 Å². The van der Waals surface area contributed by atoms with Gasteiger partial charge in [-0.1, -0.05) is 30.4 Å². The van der Waals surface area contributed by atoms with Crippen molar-refractivity contribution in [2.45, 2.75) is 26.7 Å². The van der Waals surface area contributed by atoms with E-state index in [1.807, 2.05) is 44.2 Å². The highest BCUT2D eigenvalue weighted by Gasteiger charge is 2.27. The van der Waals surface area contributed by atoms with E-state index in [1.54, 1.807) is 0 Å². The molecule has 1 atom stereocenters. The third-order valence-corrected chi connectivity index (χ3v) is 2.48. The molecule has 0 aromatic rings. The Morgan fingerprint density at radius 1 is 1.31 bits per heavy atom. The van der Waals surface area contributed by atoms with Crippen molar-refractivity contribution in [3.63, 3.8) is 0 Å². The van der Waals surface area contributed by atoms with Crippen LogP contribution in [0.3, 0.4) is 0 Å². The summed E-state index contributed by atoms with van der Waals surface area (Å²) in [5, 5.41) is 2.37. The largest absolute Gasteiger partial charge is 0.296 e. The van der Waals surface area contributed by atoms with Crippen LogP contribution >= 0.6 is 0 Å². The fourth-order valence-corrected chi connectivity index (χ4v) is 1.70. The average Bonchev–Trinajstić information content (AvgIpc) is 2.25. The van der Waals surface area contributed by atoms with Crippen LogP contribution in [0, 0.1) is 5.92 Å². The van der Waals surface area contributed by atoms with Gasteiger partial charge in [0.15, 0.2) is 0 Å². The van der Waals surface area contributed by atoms with E-state index in [0.29, 0.717) is 12.8 Å². The van der Waals surface area contributed by atoms with Crippen molar-refractivity contribution in [3.05, 3.63) is 36.0 Å². The Morgan fingerprint density at radius 3 is 2.62 bits per heavy atom. The summed E-state index contributed by atoms with van der Waals surface area (Å²) in [5.41, 5.74) is 0.950. The number of carbonyl (C=O) groups excluding carboxylic acids is 2. The highest BCUT2D eigenvalue weighted by molar-refractivity contribution is 6.00. The second kappa shape index (κ2) is 6.05. The number of hydrogen-bond donors (Lipinski definition) is 1. The van der Waals surface area contributed by atoms with E-state index < -0.39 is 0 Å². The van der Waals surface area contributed by atoms with Gasteiger partial charge < -0.3 is 0 Å². The first kappa shape index (κ1) is 12.4. The maximum Gasteiger partial charge on any atom is 0.234 e. The SMILES string of the molecule is C\C=C/C=C(\C=C/C)C1CCC(=O)NC1=O. The van der Waals surface area contributed by atoms with Gasteiger partial charge in [0.05, 0.1) is 5.92 Å². The van der Waals surface area contributed by atoms with E-state index in [4.69, 9.17) is 0 Å². The molecule has 1 saturated heterocycles. The first-order valence-electron chi connectivity index (χ1n) is 5.48. The van der Waals surface area contributed by atoms with Crippen molar-refractivity contribution in [2.75, 3.05) is 0 Å². The molecule has 0 aliphatic carbocycles. The number of hydrogen-bond acceptors (Lipinski definition) is 2. The van der Waals surface area contributed by atoms with Crippen molar-refractivity contribution in [2.24, 2.45) is 5.92 Å². The van der Waals surface area contributed by atoms with Crippen LogP contribution in [0.25, 0.3) is 0 Å². The molecule has 2 amide bonds. The first-order valence-corrected chi connectivity index (χ1v) is 5.48. The van der Waals surface area contributed by atoms with Gasteiger partial charge in [-0.05, 0) is 25.8 Å². The van der Waals surface area contributed by atoms with Crippen LogP contribution in [0.2, 0.25) is 0 Å². The Balaban J connectivity index is 2.86. The van der Waals surface area contributed by atoms with E-state index in [9.17, 15) is 9.59 Å². The maximum atomic E-state index is 11.7. The third kappa shape index (κ3) is 3.19. The molecule has 0 saturated carbocycles. The lowest BCUT2D eigenvalue weighted by Crippen LogP contribution is -2.41. The molecule has 1 fully saturated rings. The number of carbonyl (C=O) groups is 2. The lowest BCUT2D eigenvalue weighted by atomic mass is 9.89. The zero-order valence-electron chi connectivity index (χ0n) is 9.69. The summed E-state index contributed by atoms with van der Waals surface area (Å²) >= 11 is 0. The van der Waals surface area contributed by atoms with Gasteiger partial charge in [-0.3, -0.25) is 14.9 Å². The van der Waals surface area contributed by atoms with Crippen molar-refractivity contribution in [1.29, 1.82) is 0 Å². The average molecular weight is 219 g/mol. The van der Waals surface area contributed by atoms with Crippen LogP contribution in [0.15, 0.2) is 36.0 Å². The zero-order chi connectivity index (χ0) is 12.0. The molecule has 1 rings (SSSR count). The van der Waals surface area contributed by atoms with Crippen LogP contribution in [-0.2, 0) is 9.59 Å². The molecule has 0 spiro atoms. The van der Waals surface area contributed by atoms with Crippen molar-refractivity contribution >= 4 is 11.8 Å². The van der Waals surface area contributed by atoms with Crippen LogP contribution in [0.5, 0.6) is 0 Å². The predicted molar refractivity (Wildman–Crippen MR) is 63.6 cm³/mol. The fourth-order valence-electron chi connectivity index (χ4n) is 1.70. The van der Waals surface area contributed by atoms with E-state index in [2.05, 4.69) is 5.32 Å². The highest BCUT2D eigenvalue weighted by Crippen LogP contribution is 2.22. The second-order valence-corrected chi connectivity index (χ2v) is 3.70. The molecule has 1 aliphatic rings.